The van der Waals surface area contributed by atoms with Crippen LogP contribution in [0.15, 0.2) is 48.8 Å². The maximum atomic E-state index is 14.3. The number of hydrogen-bond donors (Lipinski definition) is 4. The van der Waals surface area contributed by atoms with Crippen LogP contribution in [-0.4, -0.2) is 23.9 Å². The Morgan fingerprint density at radius 3 is 2.83 bits per heavy atom. The van der Waals surface area contributed by atoms with Crippen LogP contribution in [0.3, 0.4) is 0 Å². The van der Waals surface area contributed by atoms with E-state index in [2.05, 4.69) is 21.7 Å². The van der Waals surface area contributed by atoms with E-state index in [4.69, 9.17) is 4.74 Å². The Balaban J connectivity index is 1.65. The van der Waals surface area contributed by atoms with Gasteiger partial charge in [0.1, 0.15) is 17.5 Å². The Kier molecular flexibility index (Phi) is 3.92. The Labute approximate surface area is 165 Å². The fourth-order valence-electron chi connectivity index (χ4n) is 3.79. The average Bonchev–Trinajstić information content (AvgIpc) is 3.37. The number of benzene rings is 2. The number of rotatable bonds is 3. The van der Waals surface area contributed by atoms with E-state index in [1.165, 1.54) is 11.0 Å². The molecule has 2 aromatic rings. The largest absolute Gasteiger partial charge is 0.451 e. The van der Waals surface area contributed by atoms with Gasteiger partial charge in [0, 0.05) is 30.8 Å². The number of fused-ring (bicyclic) bond motifs is 2. The minimum absolute atomic E-state index is 0.0431. The molecule has 7 nitrogen and oxygen atoms in total. The minimum atomic E-state index is -0.808. The van der Waals surface area contributed by atoms with E-state index >= 15 is 0 Å². The molecule has 0 aromatic heterocycles. The number of anilines is 2. The summed E-state index contributed by atoms with van der Waals surface area (Å²) in [6.07, 6.45) is 5.43. The Hall–Kier alpha value is -3.59. The molecule has 3 aliphatic heterocycles. The molecule has 3 heterocycles. The third-order valence-corrected chi connectivity index (χ3v) is 5.20. The molecule has 0 radical (unpaired) electrons. The van der Waals surface area contributed by atoms with Crippen molar-refractivity contribution in [3.05, 3.63) is 66.0 Å². The summed E-state index contributed by atoms with van der Waals surface area (Å²) in [4.78, 5) is 14.0. The first-order chi connectivity index (χ1) is 14.0. The number of likely N-dealkylation sites (N-methyl/N-ethyl adjacent to an activating group) is 1. The van der Waals surface area contributed by atoms with Crippen LogP contribution in [0.1, 0.15) is 5.56 Å². The van der Waals surface area contributed by atoms with Crippen LogP contribution in [0.4, 0.5) is 20.2 Å². The third kappa shape index (κ3) is 2.78. The van der Waals surface area contributed by atoms with Crippen molar-refractivity contribution in [1.29, 1.82) is 0 Å². The summed E-state index contributed by atoms with van der Waals surface area (Å²) in [5.74, 6) is -1.48. The van der Waals surface area contributed by atoms with Gasteiger partial charge in [0.15, 0.2) is 17.3 Å². The van der Waals surface area contributed by atoms with Gasteiger partial charge in [-0.15, -0.1) is 5.53 Å². The third-order valence-electron chi connectivity index (χ3n) is 5.20. The lowest BCUT2D eigenvalue weighted by Crippen LogP contribution is -2.46. The van der Waals surface area contributed by atoms with Crippen molar-refractivity contribution in [1.82, 2.24) is 15.8 Å². The number of ether oxygens (including phenoxy) is 1. The molecule has 0 bridgehead atoms. The van der Waals surface area contributed by atoms with Crippen LogP contribution < -0.4 is 26.4 Å². The van der Waals surface area contributed by atoms with Crippen LogP contribution >= 0.6 is 0 Å². The second kappa shape index (κ2) is 6.49. The summed E-state index contributed by atoms with van der Waals surface area (Å²) in [5.41, 5.74) is 11.5. The molecule has 9 heteroatoms. The number of carbonyl (C=O) groups is 1. The number of carbonyl (C=O) groups excluding carboxylic acids is 1. The van der Waals surface area contributed by atoms with Gasteiger partial charge < -0.3 is 20.4 Å². The molecule has 1 amide bonds. The van der Waals surface area contributed by atoms with E-state index < -0.39 is 17.7 Å². The summed E-state index contributed by atoms with van der Waals surface area (Å²) < 4.78 is 33.5. The number of halogens is 2. The highest BCUT2D eigenvalue weighted by Crippen LogP contribution is 2.47. The van der Waals surface area contributed by atoms with Gasteiger partial charge in [0.05, 0.1) is 5.69 Å². The van der Waals surface area contributed by atoms with Crippen molar-refractivity contribution in [3.8, 4) is 11.5 Å². The van der Waals surface area contributed by atoms with Crippen LogP contribution in [-0.2, 0) is 4.79 Å². The van der Waals surface area contributed by atoms with E-state index in [9.17, 15) is 13.6 Å². The normalized spacial score (nSPS) is 21.7. The topological polar surface area (TPSA) is 77.7 Å². The first-order valence-corrected chi connectivity index (χ1v) is 9.01. The molecule has 0 saturated carbocycles. The fourth-order valence-corrected chi connectivity index (χ4v) is 3.79. The maximum absolute atomic E-state index is 14.3. The molecular weight excluding hydrogens is 380 g/mol. The zero-order valence-electron chi connectivity index (χ0n) is 15.3. The highest BCUT2D eigenvalue weighted by atomic mass is 19.1. The molecule has 2 unspecified atom stereocenters. The molecule has 148 valence electrons. The molecule has 0 aliphatic carbocycles. The minimum Gasteiger partial charge on any atom is -0.451 e. The smallest absolute Gasteiger partial charge is 0.249 e. The molecular formula is C20H17F2N5O2. The second-order valence-corrected chi connectivity index (χ2v) is 6.98. The summed E-state index contributed by atoms with van der Waals surface area (Å²) >= 11 is 0. The Morgan fingerprint density at radius 2 is 2.00 bits per heavy atom. The summed E-state index contributed by atoms with van der Waals surface area (Å²) in [6.45, 7) is 0. The van der Waals surface area contributed by atoms with Crippen molar-refractivity contribution in [2.75, 3.05) is 17.9 Å². The molecule has 0 spiro atoms. The van der Waals surface area contributed by atoms with E-state index in [-0.39, 0.29) is 17.6 Å². The molecule has 29 heavy (non-hydrogen) atoms. The van der Waals surface area contributed by atoms with E-state index in [0.717, 1.165) is 17.7 Å². The zero-order valence-corrected chi connectivity index (χ0v) is 15.3. The number of hydrazine groups is 2. The molecule has 5 rings (SSSR count). The average molecular weight is 397 g/mol. The van der Waals surface area contributed by atoms with Crippen molar-refractivity contribution < 1.29 is 18.3 Å². The van der Waals surface area contributed by atoms with Crippen molar-refractivity contribution >= 4 is 22.9 Å². The van der Waals surface area contributed by atoms with Gasteiger partial charge in [0.2, 0.25) is 5.91 Å². The highest BCUT2D eigenvalue weighted by molar-refractivity contribution is 5.95. The van der Waals surface area contributed by atoms with Gasteiger partial charge in [-0.25, -0.2) is 8.78 Å². The van der Waals surface area contributed by atoms with Crippen molar-refractivity contribution in [2.24, 2.45) is 5.92 Å². The van der Waals surface area contributed by atoms with Crippen molar-refractivity contribution in [3.63, 3.8) is 0 Å². The predicted molar refractivity (Wildman–Crippen MR) is 104 cm³/mol. The number of hydrogen-bond acceptors (Lipinski definition) is 6. The molecule has 0 fully saturated rings. The maximum Gasteiger partial charge on any atom is 0.249 e. The lowest BCUT2D eigenvalue weighted by Gasteiger charge is -2.32. The standard InChI is InChI=1S/C20H17F2N5O2/c1-27-9-13(11-6-7-23-17(11)20(27)28)12-3-4-15-18(25-26-24-15)19(12)29-16-5-2-10(21)8-14(16)22/h2-9,11,17,23-26H,1H3. The van der Waals surface area contributed by atoms with Crippen LogP contribution in [0.5, 0.6) is 11.5 Å². The quantitative estimate of drug-likeness (QED) is 0.638. The van der Waals surface area contributed by atoms with E-state index in [0.29, 0.717) is 22.7 Å². The molecule has 3 aliphatic rings. The van der Waals surface area contributed by atoms with E-state index in [1.807, 2.05) is 18.2 Å². The highest BCUT2D eigenvalue weighted by Gasteiger charge is 2.39. The van der Waals surface area contributed by atoms with Crippen LogP contribution in [0.25, 0.3) is 5.57 Å². The van der Waals surface area contributed by atoms with Crippen LogP contribution in [0, 0.1) is 17.6 Å². The fraction of sp³-hybridized carbons (Fsp3) is 0.150. The van der Waals surface area contributed by atoms with Crippen molar-refractivity contribution in [2.45, 2.75) is 6.04 Å². The Bertz CT molecular complexity index is 1080. The number of amides is 1. The summed E-state index contributed by atoms with van der Waals surface area (Å²) in [5, 5.41) is 3.08. The lowest BCUT2D eigenvalue weighted by atomic mass is 9.85. The first kappa shape index (κ1) is 17.5. The van der Waals surface area contributed by atoms with Gasteiger partial charge in [-0.3, -0.25) is 10.2 Å². The van der Waals surface area contributed by atoms with Gasteiger partial charge in [-0.05, 0) is 36.0 Å². The van der Waals surface area contributed by atoms with E-state index in [1.54, 1.807) is 19.4 Å². The first-order valence-electron chi connectivity index (χ1n) is 9.01. The predicted octanol–water partition coefficient (Wildman–Crippen LogP) is 2.93. The van der Waals surface area contributed by atoms with Gasteiger partial charge in [0.25, 0.3) is 0 Å². The monoisotopic (exact) mass is 397 g/mol. The van der Waals surface area contributed by atoms with Gasteiger partial charge in [-0.1, -0.05) is 6.08 Å². The lowest BCUT2D eigenvalue weighted by molar-refractivity contribution is -0.130. The molecule has 4 N–H and O–H groups in total. The SMILES string of the molecule is CN1C=C(c2ccc3c(c2Oc2ccc(F)cc2F)NNN3)C2C=CNC2C1=O. The number of nitrogens with zero attached hydrogens (tertiary/aromatic N) is 1. The van der Waals surface area contributed by atoms with Crippen LogP contribution in [0.2, 0.25) is 0 Å². The van der Waals surface area contributed by atoms with Gasteiger partial charge in [-0.2, -0.15) is 0 Å². The molecule has 2 atom stereocenters. The number of nitrogens with one attached hydrogen (secondary N) is 4. The second-order valence-electron chi connectivity index (χ2n) is 6.98. The summed E-state index contributed by atoms with van der Waals surface area (Å²) in [7, 11) is 1.69. The summed E-state index contributed by atoms with van der Waals surface area (Å²) in [6, 6.07) is 6.44. The molecule has 0 saturated heterocycles. The van der Waals surface area contributed by atoms with Gasteiger partial charge >= 0.3 is 0 Å². The zero-order chi connectivity index (χ0) is 20.1. The molecule has 2 aromatic carbocycles. The Morgan fingerprint density at radius 1 is 1.14 bits per heavy atom.